The van der Waals surface area contributed by atoms with Crippen molar-refractivity contribution in [1.82, 2.24) is 9.88 Å². The van der Waals surface area contributed by atoms with Crippen molar-refractivity contribution in [2.24, 2.45) is 16.9 Å². The number of primary amides is 1. The number of hydrogen-bond acceptors (Lipinski definition) is 10. The molecule has 15 heteroatoms. The van der Waals surface area contributed by atoms with E-state index in [1.807, 2.05) is 43.3 Å². The van der Waals surface area contributed by atoms with Crippen molar-refractivity contribution in [3.8, 4) is 28.4 Å². The third-order valence-corrected chi connectivity index (χ3v) is 10.3. The SMILES string of the molecule is CCC(=O)O.Cc1c(COc2cc(OCc3cncc(C(N)=O)c3)c(CN)cc2Cl)cccc1-c1cccc(OCCCN2CCC(CO)(C(=O)O)CC2)c1Cl. The van der Waals surface area contributed by atoms with Crippen LogP contribution in [0.5, 0.6) is 17.2 Å². The number of aliphatic hydroxyl groups is 1. The summed E-state index contributed by atoms with van der Waals surface area (Å²) in [6.07, 6.45) is 4.81. The molecule has 1 amide bonds. The number of amides is 1. The van der Waals surface area contributed by atoms with E-state index in [1.165, 1.54) is 6.20 Å². The summed E-state index contributed by atoms with van der Waals surface area (Å²) in [5.74, 6) is -0.756. The molecule has 0 aliphatic carbocycles. The smallest absolute Gasteiger partial charge is 0.312 e. The summed E-state index contributed by atoms with van der Waals surface area (Å²) in [7, 11) is 0. The summed E-state index contributed by atoms with van der Waals surface area (Å²) in [5, 5.41) is 27.7. The maximum absolute atomic E-state index is 11.6. The van der Waals surface area contributed by atoms with Crippen LogP contribution in [0, 0.1) is 12.3 Å². The Hall–Kier alpha value is -4.92. The lowest BCUT2D eigenvalue weighted by molar-refractivity contribution is -0.155. The van der Waals surface area contributed by atoms with Crippen LogP contribution in [0.15, 0.2) is 67.0 Å². The molecule has 7 N–H and O–H groups in total. The van der Waals surface area contributed by atoms with Gasteiger partial charge in [-0.05, 0) is 74.2 Å². The molecule has 1 aliphatic rings. The Bertz CT molecular complexity index is 1990. The minimum atomic E-state index is -1.04. The van der Waals surface area contributed by atoms with Gasteiger partial charge in [-0.25, -0.2) is 0 Å². The summed E-state index contributed by atoms with van der Waals surface area (Å²) in [5.41, 5.74) is 15.6. The van der Waals surface area contributed by atoms with Gasteiger partial charge in [0.05, 0.1) is 34.2 Å². The number of benzene rings is 3. The molecule has 13 nitrogen and oxygen atoms in total. The molecule has 0 saturated carbocycles. The van der Waals surface area contributed by atoms with E-state index in [-0.39, 0.29) is 38.3 Å². The Kier molecular flexibility index (Phi) is 16.3. The second kappa shape index (κ2) is 20.8. The molecule has 300 valence electrons. The number of aromatic nitrogens is 1. The number of nitrogens with zero attached hydrogens (tertiary/aromatic N) is 2. The largest absolute Gasteiger partial charge is 0.492 e. The van der Waals surface area contributed by atoms with Gasteiger partial charge in [-0.15, -0.1) is 0 Å². The van der Waals surface area contributed by atoms with E-state index in [4.69, 9.17) is 54.0 Å². The zero-order chi connectivity index (χ0) is 40.8. The third-order valence-electron chi connectivity index (χ3n) is 9.64. The zero-order valence-electron chi connectivity index (χ0n) is 31.4. The summed E-state index contributed by atoms with van der Waals surface area (Å²) in [6.45, 7) is 6.26. The van der Waals surface area contributed by atoms with Crippen molar-refractivity contribution >= 4 is 41.0 Å². The van der Waals surface area contributed by atoms with Gasteiger partial charge in [0.2, 0.25) is 5.91 Å². The number of aliphatic carboxylic acids is 2. The fourth-order valence-corrected chi connectivity index (χ4v) is 6.60. The summed E-state index contributed by atoms with van der Waals surface area (Å²) < 4.78 is 18.3. The highest BCUT2D eigenvalue weighted by Gasteiger charge is 2.40. The lowest BCUT2D eigenvalue weighted by Gasteiger charge is -2.37. The Morgan fingerprint density at radius 2 is 1.57 bits per heavy atom. The van der Waals surface area contributed by atoms with Gasteiger partial charge in [-0.2, -0.15) is 0 Å². The molecule has 1 aliphatic heterocycles. The Morgan fingerprint density at radius 1 is 0.893 bits per heavy atom. The van der Waals surface area contributed by atoms with Crippen molar-refractivity contribution in [3.63, 3.8) is 0 Å². The highest BCUT2D eigenvalue weighted by Crippen LogP contribution is 2.39. The van der Waals surface area contributed by atoms with Gasteiger partial charge < -0.3 is 45.9 Å². The average molecular weight is 812 g/mol. The first-order chi connectivity index (χ1) is 26.8. The van der Waals surface area contributed by atoms with E-state index < -0.39 is 23.3 Å². The molecule has 3 aromatic carbocycles. The number of piperidine rings is 1. The van der Waals surface area contributed by atoms with E-state index >= 15 is 0 Å². The number of carboxylic acids is 2. The van der Waals surface area contributed by atoms with Gasteiger partial charge in [0.1, 0.15) is 30.5 Å². The van der Waals surface area contributed by atoms with Crippen LogP contribution in [0.2, 0.25) is 10.0 Å². The molecule has 1 aromatic heterocycles. The number of aliphatic hydroxyl groups excluding tert-OH is 1. The van der Waals surface area contributed by atoms with Crippen LogP contribution >= 0.6 is 23.2 Å². The fraction of sp³-hybridized carbons (Fsp3) is 0.366. The van der Waals surface area contributed by atoms with Gasteiger partial charge in [0.25, 0.3) is 0 Å². The maximum atomic E-state index is 11.6. The Labute approximate surface area is 336 Å². The first kappa shape index (κ1) is 43.8. The van der Waals surface area contributed by atoms with Crippen molar-refractivity contribution in [2.45, 2.75) is 59.3 Å². The monoisotopic (exact) mass is 810 g/mol. The molecule has 0 radical (unpaired) electrons. The number of halogens is 2. The molecule has 0 atom stereocenters. The number of carboxylic acid groups (broad SMARTS) is 2. The van der Waals surface area contributed by atoms with Crippen molar-refractivity contribution in [1.29, 1.82) is 0 Å². The first-order valence-electron chi connectivity index (χ1n) is 18.1. The second-order valence-electron chi connectivity index (χ2n) is 13.4. The van der Waals surface area contributed by atoms with E-state index in [1.54, 1.807) is 31.3 Å². The molecule has 4 aromatic rings. The molecule has 0 unspecified atom stereocenters. The lowest BCUT2D eigenvalue weighted by atomic mass is 9.79. The molecule has 0 spiro atoms. The van der Waals surface area contributed by atoms with Crippen LogP contribution in [0.25, 0.3) is 11.1 Å². The number of hydrogen-bond donors (Lipinski definition) is 5. The van der Waals surface area contributed by atoms with Crippen LogP contribution in [-0.2, 0) is 29.3 Å². The second-order valence-corrected chi connectivity index (χ2v) is 14.1. The van der Waals surface area contributed by atoms with E-state index in [0.29, 0.717) is 71.0 Å². The standard InChI is InChI=1S/C38H42Cl2N4O7.C3H6O2/c1-24-26(22-51-34-17-33(27(18-41)16-31(34)39)50-21-25-15-28(36(42)46)20-43-19-25)5-2-6-29(24)30-7-3-8-32(35(30)40)49-14-4-11-44-12-9-38(23-45,10-13-44)37(47)48;1-2-3(4)5/h2-3,5-8,15-17,19-20,45H,4,9-14,18,21-23,41H2,1H3,(H2,42,46)(H,47,48);2H2,1H3,(H,4,5). The number of pyridine rings is 1. The number of ether oxygens (including phenoxy) is 3. The van der Waals surface area contributed by atoms with Gasteiger partial charge in [-0.3, -0.25) is 19.4 Å². The quantitative estimate of drug-likeness (QED) is 0.0726. The van der Waals surface area contributed by atoms with Crippen molar-refractivity contribution in [3.05, 3.63) is 105 Å². The summed E-state index contributed by atoms with van der Waals surface area (Å²) in [4.78, 5) is 38.8. The number of rotatable bonds is 17. The van der Waals surface area contributed by atoms with Crippen LogP contribution in [0.1, 0.15) is 65.2 Å². The molecular formula is C41H48Cl2N4O9. The van der Waals surface area contributed by atoms with Crippen LogP contribution < -0.4 is 25.7 Å². The number of nitrogens with two attached hydrogens (primary N) is 2. The first-order valence-corrected chi connectivity index (χ1v) is 18.9. The maximum Gasteiger partial charge on any atom is 0.312 e. The molecule has 2 heterocycles. The summed E-state index contributed by atoms with van der Waals surface area (Å²) in [6, 6.07) is 16.7. The van der Waals surface area contributed by atoms with Gasteiger partial charge in [0, 0.05) is 54.7 Å². The average Bonchev–Trinajstić information content (AvgIpc) is 3.20. The Morgan fingerprint density at radius 3 is 2.21 bits per heavy atom. The molecular weight excluding hydrogens is 763 g/mol. The van der Waals surface area contributed by atoms with Gasteiger partial charge >= 0.3 is 11.9 Å². The van der Waals surface area contributed by atoms with Crippen molar-refractivity contribution < 1.29 is 43.9 Å². The molecule has 1 fully saturated rings. The molecule has 56 heavy (non-hydrogen) atoms. The number of likely N-dealkylation sites (tertiary alicyclic amines) is 1. The van der Waals surface area contributed by atoms with Gasteiger partial charge in [0.15, 0.2) is 0 Å². The number of carbonyl (C=O) groups excluding carboxylic acids is 1. The minimum Gasteiger partial charge on any atom is -0.492 e. The number of carbonyl (C=O) groups is 3. The molecule has 0 bridgehead atoms. The molecule has 5 rings (SSSR count). The van der Waals surface area contributed by atoms with E-state index in [2.05, 4.69) is 9.88 Å². The zero-order valence-corrected chi connectivity index (χ0v) is 32.9. The predicted octanol–water partition coefficient (Wildman–Crippen LogP) is 6.49. The highest BCUT2D eigenvalue weighted by molar-refractivity contribution is 6.35. The fourth-order valence-electron chi connectivity index (χ4n) is 6.07. The minimum absolute atomic E-state index is 0.131. The predicted molar refractivity (Wildman–Crippen MR) is 213 cm³/mol. The topological polar surface area (TPSA) is 208 Å². The van der Waals surface area contributed by atoms with Gasteiger partial charge in [-0.1, -0.05) is 60.5 Å². The summed E-state index contributed by atoms with van der Waals surface area (Å²) >= 11 is 13.5. The van der Waals surface area contributed by atoms with Crippen LogP contribution in [-0.4, -0.2) is 75.9 Å². The Balaban J connectivity index is 0.00000131. The van der Waals surface area contributed by atoms with E-state index in [0.717, 1.165) is 35.2 Å². The van der Waals surface area contributed by atoms with Crippen molar-refractivity contribution in [2.75, 3.05) is 32.8 Å². The van der Waals surface area contributed by atoms with Crippen LogP contribution in [0.3, 0.4) is 0 Å². The van der Waals surface area contributed by atoms with Crippen LogP contribution in [0.4, 0.5) is 0 Å². The highest BCUT2D eigenvalue weighted by atomic mass is 35.5. The van der Waals surface area contributed by atoms with E-state index in [9.17, 15) is 24.6 Å². The molecule has 1 saturated heterocycles. The third kappa shape index (κ3) is 11.6. The lowest BCUT2D eigenvalue weighted by Crippen LogP contribution is -2.46. The normalized spacial score (nSPS) is 13.6.